The Morgan fingerprint density at radius 3 is 2.81 bits per heavy atom. The van der Waals surface area contributed by atoms with Gasteiger partial charge in [-0.1, -0.05) is 0 Å². The number of fused-ring (bicyclic) bond motifs is 1. The van der Waals surface area contributed by atoms with E-state index >= 15 is 0 Å². The van der Waals surface area contributed by atoms with E-state index in [0.717, 1.165) is 19.4 Å². The molecule has 31 heavy (non-hydrogen) atoms. The van der Waals surface area contributed by atoms with Gasteiger partial charge >= 0.3 is 0 Å². The molecule has 9 heteroatoms. The fourth-order valence-electron chi connectivity index (χ4n) is 3.66. The molecule has 2 aromatic carbocycles. The van der Waals surface area contributed by atoms with E-state index < -0.39 is 0 Å². The number of rotatable bonds is 6. The number of nitrogens with zero attached hydrogens (tertiary/aromatic N) is 1. The number of carbonyl (C=O) groups excluding carboxylic acids is 1. The van der Waals surface area contributed by atoms with Gasteiger partial charge in [0.15, 0.2) is 4.77 Å². The zero-order valence-corrected chi connectivity index (χ0v) is 18.1. The highest BCUT2D eigenvalue weighted by Gasteiger charge is 2.18. The molecule has 4 rings (SSSR count). The largest absolute Gasteiger partial charge is 0.497 e. The SMILES string of the molecule is COc1ccc(OC)c(-n2c(=S)[nH]c3cc(C(=O)NCC4CCCO4)ccc3c2=O)c1. The van der Waals surface area contributed by atoms with E-state index in [1.54, 1.807) is 43.5 Å². The predicted molar refractivity (Wildman–Crippen MR) is 119 cm³/mol. The molecule has 1 atom stereocenters. The Bertz CT molecular complexity index is 1240. The highest BCUT2D eigenvalue weighted by molar-refractivity contribution is 7.71. The minimum Gasteiger partial charge on any atom is -0.497 e. The number of benzene rings is 2. The van der Waals surface area contributed by atoms with Gasteiger partial charge in [-0.05, 0) is 55.4 Å². The van der Waals surface area contributed by atoms with Crippen LogP contribution in [0, 0.1) is 4.77 Å². The lowest BCUT2D eigenvalue weighted by Gasteiger charge is -2.14. The molecule has 2 heterocycles. The number of hydrogen-bond donors (Lipinski definition) is 2. The summed E-state index contributed by atoms with van der Waals surface area (Å²) in [5, 5.41) is 3.28. The first-order chi connectivity index (χ1) is 15.0. The second-order valence-electron chi connectivity index (χ2n) is 7.21. The second kappa shape index (κ2) is 8.91. The average molecular weight is 442 g/mol. The van der Waals surface area contributed by atoms with E-state index in [9.17, 15) is 9.59 Å². The zero-order chi connectivity index (χ0) is 22.0. The van der Waals surface area contributed by atoms with Crippen LogP contribution in [0.3, 0.4) is 0 Å². The lowest BCUT2D eigenvalue weighted by molar-refractivity contribution is 0.0858. The molecular weight excluding hydrogens is 418 g/mol. The molecule has 0 radical (unpaired) electrons. The van der Waals surface area contributed by atoms with E-state index in [4.69, 9.17) is 26.4 Å². The van der Waals surface area contributed by atoms with Crippen LogP contribution >= 0.6 is 12.2 Å². The average Bonchev–Trinajstić information content (AvgIpc) is 3.30. The standard InChI is InChI=1S/C22H23N3O5S/c1-28-14-6-8-19(29-2)18(11-14)25-21(27)16-7-5-13(10-17(16)24-22(25)31)20(26)23-12-15-4-3-9-30-15/h5-8,10-11,15H,3-4,9,12H2,1-2H3,(H,23,26)(H,24,31). The third-order valence-corrected chi connectivity index (χ3v) is 5.59. The van der Waals surface area contributed by atoms with Gasteiger partial charge < -0.3 is 24.5 Å². The molecule has 1 aliphatic heterocycles. The number of carbonyl (C=O) groups is 1. The molecule has 8 nitrogen and oxygen atoms in total. The van der Waals surface area contributed by atoms with Crippen LogP contribution in [0.2, 0.25) is 0 Å². The third kappa shape index (κ3) is 4.19. The molecule has 1 aliphatic rings. The minimum absolute atomic E-state index is 0.0558. The molecule has 0 bridgehead atoms. The summed E-state index contributed by atoms with van der Waals surface area (Å²) in [5.41, 5.74) is 1.06. The summed E-state index contributed by atoms with van der Waals surface area (Å²) in [6.07, 6.45) is 2.01. The molecule has 162 valence electrons. The van der Waals surface area contributed by atoms with Gasteiger partial charge in [0.05, 0.1) is 36.9 Å². The van der Waals surface area contributed by atoms with Crippen molar-refractivity contribution in [2.75, 3.05) is 27.4 Å². The van der Waals surface area contributed by atoms with Crippen LogP contribution in [0.4, 0.5) is 0 Å². The maximum atomic E-state index is 13.3. The third-order valence-electron chi connectivity index (χ3n) is 5.30. The second-order valence-corrected chi connectivity index (χ2v) is 7.60. The molecular formula is C22H23N3O5S. The summed E-state index contributed by atoms with van der Waals surface area (Å²) >= 11 is 5.46. The Morgan fingerprint density at radius 1 is 1.26 bits per heavy atom. The maximum absolute atomic E-state index is 13.3. The fraction of sp³-hybridized carbons (Fsp3) is 0.318. The van der Waals surface area contributed by atoms with Crippen LogP contribution in [0.15, 0.2) is 41.2 Å². The van der Waals surface area contributed by atoms with Gasteiger partial charge in [-0.3, -0.25) is 9.59 Å². The number of amides is 1. The van der Waals surface area contributed by atoms with Crippen LogP contribution in [-0.2, 0) is 4.74 Å². The Balaban J connectivity index is 1.71. The molecule has 1 fully saturated rings. The van der Waals surface area contributed by atoms with Crippen LogP contribution < -0.4 is 20.3 Å². The number of ether oxygens (including phenoxy) is 3. The van der Waals surface area contributed by atoms with Gasteiger partial charge in [0.25, 0.3) is 11.5 Å². The van der Waals surface area contributed by atoms with Crippen molar-refractivity contribution >= 4 is 29.0 Å². The van der Waals surface area contributed by atoms with E-state index in [1.807, 2.05) is 0 Å². The van der Waals surface area contributed by atoms with Crippen molar-refractivity contribution in [2.45, 2.75) is 18.9 Å². The predicted octanol–water partition coefficient (Wildman–Crippen LogP) is 2.97. The summed E-state index contributed by atoms with van der Waals surface area (Å²) in [7, 11) is 3.06. The molecule has 0 saturated carbocycles. The maximum Gasteiger partial charge on any atom is 0.266 e. The first kappa shape index (κ1) is 21.1. The Hall–Kier alpha value is -3.17. The summed E-state index contributed by atoms with van der Waals surface area (Å²) in [6.45, 7) is 1.20. The number of hydrogen-bond acceptors (Lipinski definition) is 6. The van der Waals surface area contributed by atoms with Crippen molar-refractivity contribution in [1.29, 1.82) is 0 Å². The number of aromatic nitrogens is 2. The summed E-state index contributed by atoms with van der Waals surface area (Å²) in [6, 6.07) is 10.0. The Kier molecular flexibility index (Phi) is 6.06. The fourth-order valence-corrected chi connectivity index (χ4v) is 3.95. The van der Waals surface area contributed by atoms with Crippen LogP contribution in [0.5, 0.6) is 11.5 Å². The molecule has 0 spiro atoms. The van der Waals surface area contributed by atoms with Gasteiger partial charge in [0, 0.05) is 24.8 Å². The monoisotopic (exact) mass is 441 g/mol. The lowest BCUT2D eigenvalue weighted by atomic mass is 10.1. The molecule has 3 aromatic rings. The first-order valence-corrected chi connectivity index (χ1v) is 10.3. The number of nitrogens with one attached hydrogen (secondary N) is 2. The zero-order valence-electron chi connectivity index (χ0n) is 17.3. The van der Waals surface area contributed by atoms with Crippen molar-refractivity contribution in [2.24, 2.45) is 0 Å². The minimum atomic E-state index is -0.323. The molecule has 1 amide bonds. The molecule has 1 aromatic heterocycles. The molecule has 1 unspecified atom stereocenters. The van der Waals surface area contributed by atoms with E-state index in [1.165, 1.54) is 11.7 Å². The van der Waals surface area contributed by atoms with E-state index in [2.05, 4.69) is 10.3 Å². The number of aromatic amines is 1. The van der Waals surface area contributed by atoms with Crippen molar-refractivity contribution in [3.8, 4) is 17.2 Å². The summed E-state index contributed by atoms with van der Waals surface area (Å²) in [5.74, 6) is 0.817. The van der Waals surface area contributed by atoms with E-state index in [-0.39, 0.29) is 22.3 Å². The summed E-state index contributed by atoms with van der Waals surface area (Å²) < 4.78 is 17.8. The quantitative estimate of drug-likeness (QED) is 0.571. The topological polar surface area (TPSA) is 94.6 Å². The van der Waals surface area contributed by atoms with Gasteiger partial charge in [-0.25, -0.2) is 4.57 Å². The number of methoxy groups -OCH3 is 2. The Morgan fingerprint density at radius 2 is 2.10 bits per heavy atom. The lowest BCUT2D eigenvalue weighted by Crippen LogP contribution is -2.31. The highest BCUT2D eigenvalue weighted by atomic mass is 32.1. The molecule has 0 aliphatic carbocycles. The van der Waals surface area contributed by atoms with Crippen LogP contribution in [0.25, 0.3) is 16.6 Å². The van der Waals surface area contributed by atoms with Crippen molar-refractivity contribution in [1.82, 2.24) is 14.9 Å². The smallest absolute Gasteiger partial charge is 0.266 e. The molecule has 1 saturated heterocycles. The van der Waals surface area contributed by atoms with Gasteiger partial charge in [-0.2, -0.15) is 0 Å². The van der Waals surface area contributed by atoms with Gasteiger partial charge in [-0.15, -0.1) is 0 Å². The Labute approximate surface area is 183 Å². The van der Waals surface area contributed by atoms with Gasteiger partial charge in [0.2, 0.25) is 0 Å². The first-order valence-electron chi connectivity index (χ1n) is 9.93. The number of H-pyrrole nitrogens is 1. The summed E-state index contributed by atoms with van der Waals surface area (Å²) in [4.78, 5) is 28.9. The van der Waals surface area contributed by atoms with Crippen molar-refractivity contribution < 1.29 is 19.0 Å². The van der Waals surface area contributed by atoms with Crippen molar-refractivity contribution in [3.63, 3.8) is 0 Å². The molecule has 2 N–H and O–H groups in total. The normalized spacial score (nSPS) is 15.7. The van der Waals surface area contributed by atoms with Crippen LogP contribution in [0.1, 0.15) is 23.2 Å². The highest BCUT2D eigenvalue weighted by Crippen LogP contribution is 2.27. The van der Waals surface area contributed by atoms with Crippen molar-refractivity contribution in [3.05, 3.63) is 57.1 Å². The van der Waals surface area contributed by atoms with Gasteiger partial charge in [0.1, 0.15) is 11.5 Å². The van der Waals surface area contributed by atoms with Crippen LogP contribution in [-0.4, -0.2) is 48.9 Å². The van der Waals surface area contributed by atoms with E-state index in [0.29, 0.717) is 40.2 Å².